The Morgan fingerprint density at radius 2 is 2.17 bits per heavy atom. The number of nitrogens with one attached hydrogen (secondary N) is 1. The van der Waals surface area contributed by atoms with Crippen molar-refractivity contribution in [3.63, 3.8) is 0 Å². The molecule has 1 atom stereocenters. The van der Waals surface area contributed by atoms with Gasteiger partial charge in [0.1, 0.15) is 5.75 Å². The molecule has 1 aromatic carbocycles. The van der Waals surface area contributed by atoms with Crippen molar-refractivity contribution in [2.75, 3.05) is 0 Å². The van der Waals surface area contributed by atoms with Gasteiger partial charge < -0.3 is 9.15 Å². The first-order valence-electron chi connectivity index (χ1n) is 7.10. The second kappa shape index (κ2) is 5.96. The Bertz CT molecular complexity index is 924. The highest BCUT2D eigenvalue weighted by atomic mass is 16.5. The number of carbonyl (C=O) groups is 1. The van der Waals surface area contributed by atoms with Gasteiger partial charge in [-0.15, -0.1) is 0 Å². The molecule has 3 rings (SSSR count). The van der Waals surface area contributed by atoms with E-state index in [0.29, 0.717) is 22.4 Å². The molecule has 1 N–H and O–H groups in total. The molecule has 0 bridgehead atoms. The SMILES string of the molecule is C=C(C)C1C=CC=C(C(=O)Oc2ccc3[nH]c(=O)oc3c2)C=C1. The number of hydrogen-bond acceptors (Lipinski definition) is 4. The van der Waals surface area contributed by atoms with Crippen LogP contribution in [-0.2, 0) is 4.79 Å². The van der Waals surface area contributed by atoms with Crippen molar-refractivity contribution in [2.45, 2.75) is 6.92 Å². The predicted octanol–water partition coefficient (Wildman–Crippen LogP) is 3.27. The van der Waals surface area contributed by atoms with E-state index in [1.54, 1.807) is 24.3 Å². The largest absolute Gasteiger partial charge is 0.423 e. The zero-order valence-corrected chi connectivity index (χ0v) is 12.5. The van der Waals surface area contributed by atoms with E-state index in [-0.39, 0.29) is 5.92 Å². The topological polar surface area (TPSA) is 72.3 Å². The lowest BCUT2D eigenvalue weighted by Crippen LogP contribution is -2.09. The van der Waals surface area contributed by atoms with E-state index in [4.69, 9.17) is 9.15 Å². The molecular weight excluding hydrogens is 294 g/mol. The third-order valence-corrected chi connectivity index (χ3v) is 3.49. The van der Waals surface area contributed by atoms with Crippen LogP contribution in [-0.4, -0.2) is 11.0 Å². The second-order valence-corrected chi connectivity index (χ2v) is 5.30. The summed E-state index contributed by atoms with van der Waals surface area (Å²) in [6, 6.07) is 4.72. The minimum Gasteiger partial charge on any atom is -0.423 e. The highest BCUT2D eigenvalue weighted by Gasteiger charge is 2.13. The number of oxazole rings is 1. The van der Waals surface area contributed by atoms with Crippen LogP contribution in [0.15, 0.2) is 75.5 Å². The zero-order chi connectivity index (χ0) is 16.4. The lowest BCUT2D eigenvalue weighted by atomic mass is 10.0. The van der Waals surface area contributed by atoms with Crippen molar-refractivity contribution in [1.29, 1.82) is 0 Å². The smallest absolute Gasteiger partial charge is 0.417 e. The average Bonchev–Trinajstić information content (AvgIpc) is 2.72. The van der Waals surface area contributed by atoms with Crippen LogP contribution in [0.1, 0.15) is 6.92 Å². The molecule has 0 spiro atoms. The summed E-state index contributed by atoms with van der Waals surface area (Å²) in [5.74, 6) is -0.620. The fourth-order valence-corrected chi connectivity index (χ4v) is 2.23. The second-order valence-electron chi connectivity index (χ2n) is 5.30. The van der Waals surface area contributed by atoms with E-state index >= 15 is 0 Å². The molecule has 116 valence electrons. The molecule has 5 heteroatoms. The highest BCUT2D eigenvalue weighted by molar-refractivity contribution is 5.94. The molecule has 1 unspecified atom stereocenters. The Balaban J connectivity index is 1.79. The predicted molar refractivity (Wildman–Crippen MR) is 87.1 cm³/mol. The summed E-state index contributed by atoms with van der Waals surface area (Å²) in [6.07, 6.45) is 9.07. The van der Waals surface area contributed by atoms with Gasteiger partial charge >= 0.3 is 11.7 Å². The minimum absolute atomic E-state index is 0.0991. The monoisotopic (exact) mass is 309 g/mol. The van der Waals surface area contributed by atoms with Crippen LogP contribution >= 0.6 is 0 Å². The number of H-pyrrole nitrogens is 1. The van der Waals surface area contributed by atoms with Gasteiger partial charge in [-0.1, -0.05) is 36.5 Å². The number of aromatic amines is 1. The van der Waals surface area contributed by atoms with Crippen molar-refractivity contribution in [2.24, 2.45) is 5.92 Å². The van der Waals surface area contributed by atoms with Crippen LogP contribution in [0, 0.1) is 5.92 Å². The molecule has 0 fully saturated rings. The number of aromatic nitrogens is 1. The Morgan fingerprint density at radius 3 is 2.96 bits per heavy atom. The Kier molecular flexibility index (Phi) is 3.85. The summed E-state index contributed by atoms with van der Waals surface area (Å²) in [6.45, 7) is 5.84. The maximum atomic E-state index is 12.2. The summed E-state index contributed by atoms with van der Waals surface area (Å²) in [5, 5.41) is 0. The van der Waals surface area contributed by atoms with Crippen LogP contribution in [0.4, 0.5) is 0 Å². The van der Waals surface area contributed by atoms with E-state index in [0.717, 1.165) is 5.57 Å². The van der Waals surface area contributed by atoms with Gasteiger partial charge in [-0.25, -0.2) is 9.59 Å². The van der Waals surface area contributed by atoms with Gasteiger partial charge in [-0.05, 0) is 25.1 Å². The maximum Gasteiger partial charge on any atom is 0.417 e. The minimum atomic E-state index is -0.547. The van der Waals surface area contributed by atoms with Crippen LogP contribution in [0.25, 0.3) is 11.1 Å². The van der Waals surface area contributed by atoms with Crippen LogP contribution in [0.2, 0.25) is 0 Å². The summed E-state index contributed by atoms with van der Waals surface area (Å²) >= 11 is 0. The molecular formula is C18H15NO4. The van der Waals surface area contributed by atoms with E-state index in [2.05, 4.69) is 11.6 Å². The number of rotatable bonds is 3. The highest BCUT2D eigenvalue weighted by Crippen LogP contribution is 2.21. The molecule has 0 radical (unpaired) electrons. The Labute approximate surface area is 132 Å². The molecule has 0 aliphatic heterocycles. The van der Waals surface area contributed by atoms with Crippen LogP contribution in [0.5, 0.6) is 5.75 Å². The molecule has 5 nitrogen and oxygen atoms in total. The molecule has 0 amide bonds. The third kappa shape index (κ3) is 3.23. The van der Waals surface area contributed by atoms with E-state index in [1.165, 1.54) is 6.07 Å². The van der Waals surface area contributed by atoms with Crippen LogP contribution in [0.3, 0.4) is 0 Å². The van der Waals surface area contributed by atoms with Crippen molar-refractivity contribution in [3.8, 4) is 5.75 Å². The van der Waals surface area contributed by atoms with Crippen molar-refractivity contribution in [3.05, 3.63) is 76.9 Å². The fraction of sp³-hybridized carbons (Fsp3) is 0.111. The molecule has 0 saturated heterocycles. The van der Waals surface area contributed by atoms with Gasteiger partial charge in [0.2, 0.25) is 0 Å². The Morgan fingerprint density at radius 1 is 1.35 bits per heavy atom. The Hall–Kier alpha value is -3.08. The number of esters is 1. The quantitative estimate of drug-likeness (QED) is 0.536. The van der Waals surface area contributed by atoms with Crippen molar-refractivity contribution < 1.29 is 13.9 Å². The van der Waals surface area contributed by atoms with Gasteiger partial charge in [-0.3, -0.25) is 4.98 Å². The van der Waals surface area contributed by atoms with E-state index in [9.17, 15) is 9.59 Å². The molecule has 0 saturated carbocycles. The normalized spacial score (nSPS) is 16.9. The van der Waals surface area contributed by atoms with Gasteiger partial charge in [0.15, 0.2) is 5.58 Å². The summed E-state index contributed by atoms with van der Waals surface area (Å²) in [7, 11) is 0. The number of carbonyl (C=O) groups excluding carboxylic acids is 1. The number of hydrogen-bond donors (Lipinski definition) is 1. The first kappa shape index (κ1) is 14.8. The third-order valence-electron chi connectivity index (χ3n) is 3.49. The van der Waals surface area contributed by atoms with Gasteiger partial charge in [-0.2, -0.15) is 0 Å². The standard InChI is InChI=1S/C18H15NO4/c1-11(2)12-4-3-5-13(7-6-12)17(20)22-14-8-9-15-16(10-14)23-18(21)19-15/h3-10,12H,1H2,2H3,(H,19,21). The van der Waals surface area contributed by atoms with Crippen molar-refractivity contribution in [1.82, 2.24) is 4.98 Å². The van der Waals surface area contributed by atoms with Crippen molar-refractivity contribution >= 4 is 17.1 Å². The number of allylic oxidation sites excluding steroid dienone is 5. The van der Waals surface area contributed by atoms with E-state index < -0.39 is 11.7 Å². The first-order valence-corrected chi connectivity index (χ1v) is 7.10. The number of fused-ring (bicyclic) bond motifs is 1. The molecule has 1 heterocycles. The number of benzene rings is 1. The first-order chi connectivity index (χ1) is 11.0. The maximum absolute atomic E-state index is 12.2. The molecule has 1 aliphatic carbocycles. The summed E-state index contributed by atoms with van der Waals surface area (Å²) in [4.78, 5) is 25.9. The van der Waals surface area contributed by atoms with Gasteiger partial charge in [0.05, 0.1) is 11.1 Å². The molecule has 1 aromatic heterocycles. The zero-order valence-electron chi connectivity index (χ0n) is 12.5. The lowest BCUT2D eigenvalue weighted by molar-refractivity contribution is -0.129. The molecule has 1 aliphatic rings. The van der Waals surface area contributed by atoms with E-state index in [1.807, 2.05) is 25.2 Å². The number of ether oxygens (including phenoxy) is 1. The molecule has 2 aromatic rings. The lowest BCUT2D eigenvalue weighted by Gasteiger charge is -2.05. The van der Waals surface area contributed by atoms with Crippen LogP contribution < -0.4 is 10.5 Å². The average molecular weight is 309 g/mol. The fourth-order valence-electron chi connectivity index (χ4n) is 2.23. The molecule has 23 heavy (non-hydrogen) atoms. The summed E-state index contributed by atoms with van der Waals surface area (Å²) in [5.41, 5.74) is 2.32. The van der Waals surface area contributed by atoms with Gasteiger partial charge in [0, 0.05) is 12.0 Å². The van der Waals surface area contributed by atoms with Gasteiger partial charge in [0.25, 0.3) is 0 Å². The summed E-state index contributed by atoms with van der Waals surface area (Å²) < 4.78 is 10.3.